The summed E-state index contributed by atoms with van der Waals surface area (Å²) in [6.07, 6.45) is 1.35. The maximum Gasteiger partial charge on any atom is 0.224 e. The van der Waals surface area contributed by atoms with Crippen LogP contribution in [-0.2, 0) is 4.79 Å². The smallest absolute Gasteiger partial charge is 0.224 e. The summed E-state index contributed by atoms with van der Waals surface area (Å²) in [5.74, 6) is 0.0111. The summed E-state index contributed by atoms with van der Waals surface area (Å²) in [4.78, 5) is 14.1. The van der Waals surface area contributed by atoms with Gasteiger partial charge >= 0.3 is 0 Å². The van der Waals surface area contributed by atoms with Gasteiger partial charge in [-0.25, -0.2) is 0 Å². The molecule has 18 heavy (non-hydrogen) atoms. The Morgan fingerprint density at radius 3 is 2.78 bits per heavy atom. The van der Waals surface area contributed by atoms with E-state index in [0.29, 0.717) is 11.4 Å². The molecule has 0 aliphatic carbocycles. The molecule has 4 nitrogen and oxygen atoms in total. The number of nitrogens with one attached hydrogen (secondary N) is 1. The summed E-state index contributed by atoms with van der Waals surface area (Å²) in [5, 5.41) is 2.84. The molecule has 0 aromatic heterocycles. The fraction of sp³-hybridized carbons (Fsp3) is 0.385. The van der Waals surface area contributed by atoms with Gasteiger partial charge < -0.3 is 16.0 Å². The van der Waals surface area contributed by atoms with Gasteiger partial charge in [-0.15, -0.1) is 0 Å². The molecule has 5 heteroatoms. The van der Waals surface area contributed by atoms with Crippen LogP contribution in [0.15, 0.2) is 24.3 Å². The van der Waals surface area contributed by atoms with Crippen LogP contribution < -0.4 is 11.1 Å². The first-order valence-electron chi connectivity index (χ1n) is 5.83. The highest BCUT2D eigenvalue weighted by Crippen LogP contribution is 2.11. The maximum absolute atomic E-state index is 11.7. The summed E-state index contributed by atoms with van der Waals surface area (Å²) < 4.78 is 0. The van der Waals surface area contributed by atoms with Crippen molar-refractivity contribution in [2.75, 3.05) is 26.0 Å². The Kier molecular flexibility index (Phi) is 5.74. The molecule has 0 spiro atoms. The third kappa shape index (κ3) is 5.25. The number of carbonyl (C=O) groups is 1. The average molecular weight is 265 g/mol. The minimum absolute atomic E-state index is 0.0111. The Morgan fingerprint density at radius 2 is 2.17 bits per heavy atom. The van der Waals surface area contributed by atoms with Crippen molar-refractivity contribution in [3.8, 4) is 0 Å². The van der Waals surface area contributed by atoms with Crippen molar-refractivity contribution in [3.63, 3.8) is 0 Å². The number of carbonyl (C=O) groups excluding carboxylic acids is 1. The fourth-order valence-electron chi connectivity index (χ4n) is 1.53. The van der Waals surface area contributed by atoms with Gasteiger partial charge in [-0.3, -0.25) is 4.79 Å². The Labute approximate surface area is 113 Å². The van der Waals surface area contributed by atoms with E-state index in [2.05, 4.69) is 10.2 Å². The van der Waals surface area contributed by atoms with Gasteiger partial charge in [0.25, 0.3) is 0 Å². The highest BCUT2D eigenvalue weighted by Gasteiger charge is 2.04. The predicted molar refractivity (Wildman–Crippen MR) is 78.7 cm³/mol. The molecule has 0 saturated heterocycles. The molecule has 0 atom stereocenters. The summed E-state index contributed by atoms with van der Waals surface area (Å²) in [6, 6.07) is 7.26. The van der Waals surface area contributed by atoms with E-state index in [-0.39, 0.29) is 5.91 Å². The SMILES string of the molecule is CN(C)CCCC(=O)Nc1cccc(C(N)=S)c1. The van der Waals surface area contributed by atoms with Crippen molar-refractivity contribution in [2.45, 2.75) is 12.8 Å². The van der Waals surface area contributed by atoms with E-state index in [1.807, 2.05) is 32.3 Å². The number of anilines is 1. The highest BCUT2D eigenvalue weighted by molar-refractivity contribution is 7.80. The van der Waals surface area contributed by atoms with Crippen molar-refractivity contribution in [1.29, 1.82) is 0 Å². The monoisotopic (exact) mass is 265 g/mol. The van der Waals surface area contributed by atoms with Gasteiger partial charge in [0, 0.05) is 17.7 Å². The van der Waals surface area contributed by atoms with Crippen LogP contribution in [0.2, 0.25) is 0 Å². The van der Waals surface area contributed by atoms with Gasteiger partial charge in [0.2, 0.25) is 5.91 Å². The van der Waals surface area contributed by atoms with Crippen molar-refractivity contribution in [1.82, 2.24) is 4.90 Å². The molecule has 3 N–H and O–H groups in total. The molecule has 98 valence electrons. The van der Waals surface area contributed by atoms with Crippen molar-refractivity contribution in [3.05, 3.63) is 29.8 Å². The third-order valence-corrected chi connectivity index (χ3v) is 2.68. The van der Waals surface area contributed by atoms with Crippen molar-refractivity contribution >= 4 is 28.8 Å². The summed E-state index contributed by atoms with van der Waals surface area (Å²) in [5.41, 5.74) is 7.03. The Hall–Kier alpha value is -1.46. The largest absolute Gasteiger partial charge is 0.389 e. The second-order valence-electron chi connectivity index (χ2n) is 4.40. The van der Waals surface area contributed by atoms with Crippen LogP contribution >= 0.6 is 12.2 Å². The van der Waals surface area contributed by atoms with Gasteiger partial charge in [0.15, 0.2) is 0 Å². The Bertz CT molecular complexity index is 432. The molecule has 1 aromatic rings. The molecule has 0 saturated carbocycles. The predicted octanol–water partition coefficient (Wildman–Crippen LogP) is 1.60. The molecule has 0 bridgehead atoms. The molecule has 0 radical (unpaired) electrons. The van der Waals surface area contributed by atoms with Crippen LogP contribution in [0, 0.1) is 0 Å². The lowest BCUT2D eigenvalue weighted by atomic mass is 10.2. The number of nitrogens with two attached hydrogens (primary N) is 1. The summed E-state index contributed by atoms with van der Waals surface area (Å²) in [7, 11) is 3.98. The molecule has 0 heterocycles. The van der Waals surface area contributed by atoms with Gasteiger partial charge in [0.1, 0.15) is 4.99 Å². The fourth-order valence-corrected chi connectivity index (χ4v) is 1.66. The van der Waals surface area contributed by atoms with Crippen LogP contribution in [0.1, 0.15) is 18.4 Å². The van der Waals surface area contributed by atoms with Gasteiger partial charge in [-0.1, -0.05) is 24.4 Å². The van der Waals surface area contributed by atoms with Crippen LogP contribution in [0.4, 0.5) is 5.69 Å². The Morgan fingerprint density at radius 1 is 1.44 bits per heavy atom. The lowest BCUT2D eigenvalue weighted by Gasteiger charge is -2.09. The molecular formula is C13H19N3OS. The quantitative estimate of drug-likeness (QED) is 0.767. The molecule has 1 amide bonds. The molecule has 0 aliphatic rings. The topological polar surface area (TPSA) is 58.4 Å². The van der Waals surface area contributed by atoms with Crippen LogP contribution in [0.5, 0.6) is 0 Å². The average Bonchev–Trinajstić information content (AvgIpc) is 2.28. The van der Waals surface area contributed by atoms with Crippen LogP contribution in [0.3, 0.4) is 0 Å². The van der Waals surface area contributed by atoms with Gasteiger partial charge in [0.05, 0.1) is 0 Å². The first-order chi connectivity index (χ1) is 8.49. The van der Waals surface area contributed by atoms with Crippen molar-refractivity contribution < 1.29 is 4.79 Å². The summed E-state index contributed by atoms with van der Waals surface area (Å²) >= 11 is 4.89. The minimum atomic E-state index is 0.0111. The molecule has 0 unspecified atom stereocenters. The number of amides is 1. The Balaban J connectivity index is 2.49. The lowest BCUT2D eigenvalue weighted by molar-refractivity contribution is -0.116. The van der Waals surface area contributed by atoms with E-state index in [0.717, 1.165) is 24.2 Å². The number of rotatable bonds is 6. The van der Waals surface area contributed by atoms with E-state index >= 15 is 0 Å². The maximum atomic E-state index is 11.7. The third-order valence-electron chi connectivity index (χ3n) is 2.44. The second-order valence-corrected chi connectivity index (χ2v) is 4.84. The second kappa shape index (κ2) is 7.08. The van der Waals surface area contributed by atoms with Gasteiger partial charge in [-0.2, -0.15) is 0 Å². The summed E-state index contributed by atoms with van der Waals surface area (Å²) in [6.45, 7) is 0.903. The van der Waals surface area contributed by atoms with E-state index in [1.165, 1.54) is 0 Å². The first kappa shape index (κ1) is 14.6. The standard InChI is InChI=1S/C13H19N3OS/c1-16(2)8-4-7-12(17)15-11-6-3-5-10(9-11)13(14)18/h3,5-6,9H,4,7-8H2,1-2H3,(H2,14,18)(H,15,17). The normalized spacial score (nSPS) is 10.4. The lowest BCUT2D eigenvalue weighted by Crippen LogP contribution is -2.17. The zero-order valence-electron chi connectivity index (χ0n) is 10.8. The number of hydrogen-bond acceptors (Lipinski definition) is 3. The number of benzene rings is 1. The number of hydrogen-bond donors (Lipinski definition) is 2. The molecule has 1 rings (SSSR count). The van der Waals surface area contributed by atoms with Crippen molar-refractivity contribution in [2.24, 2.45) is 5.73 Å². The van der Waals surface area contributed by atoms with Gasteiger partial charge in [-0.05, 0) is 39.2 Å². The molecular weight excluding hydrogens is 246 g/mol. The van der Waals surface area contributed by atoms with E-state index < -0.39 is 0 Å². The zero-order valence-corrected chi connectivity index (χ0v) is 11.6. The van der Waals surface area contributed by atoms with E-state index in [1.54, 1.807) is 6.07 Å². The van der Waals surface area contributed by atoms with Crippen LogP contribution in [0.25, 0.3) is 0 Å². The first-order valence-corrected chi connectivity index (χ1v) is 6.24. The molecule has 1 aromatic carbocycles. The van der Waals surface area contributed by atoms with E-state index in [4.69, 9.17) is 18.0 Å². The molecule has 0 fully saturated rings. The number of thiocarbonyl (C=S) groups is 1. The molecule has 0 aliphatic heterocycles. The van der Waals surface area contributed by atoms with Crippen LogP contribution in [-0.4, -0.2) is 36.4 Å². The minimum Gasteiger partial charge on any atom is -0.389 e. The van der Waals surface area contributed by atoms with E-state index in [9.17, 15) is 4.79 Å². The number of nitrogens with zero attached hydrogens (tertiary/aromatic N) is 1. The highest BCUT2D eigenvalue weighted by atomic mass is 32.1. The zero-order chi connectivity index (χ0) is 13.5.